The fourth-order valence-corrected chi connectivity index (χ4v) is 5.04. The van der Waals surface area contributed by atoms with E-state index in [1.165, 1.54) is 17.7 Å². The Balaban J connectivity index is 1.45. The summed E-state index contributed by atoms with van der Waals surface area (Å²) in [5.74, 6) is 0.817. The third kappa shape index (κ3) is 4.65. The Labute approximate surface area is 209 Å². The highest BCUT2D eigenvalue weighted by Crippen LogP contribution is 2.32. The van der Waals surface area contributed by atoms with E-state index in [1.54, 1.807) is 36.5 Å². The number of nitrogens with zero attached hydrogens (tertiary/aromatic N) is 1. The lowest BCUT2D eigenvalue weighted by Gasteiger charge is -2.13. The third-order valence-corrected chi connectivity index (χ3v) is 7.34. The summed E-state index contributed by atoms with van der Waals surface area (Å²) in [6.07, 6.45) is 1.55. The van der Waals surface area contributed by atoms with Gasteiger partial charge in [0.05, 0.1) is 16.0 Å². The topological polar surface area (TPSA) is 85.4 Å². The Bertz CT molecular complexity index is 1690. The molecule has 6 nitrogen and oxygen atoms in total. The summed E-state index contributed by atoms with van der Waals surface area (Å²) < 4.78 is 34.3. The molecule has 0 spiro atoms. The number of aromatic nitrogens is 1. The number of amides is 1. The van der Waals surface area contributed by atoms with Crippen LogP contribution in [0, 0.1) is 0 Å². The minimum Gasteiger partial charge on any atom is -0.457 e. The number of hydrogen-bond donors (Lipinski definition) is 1. The summed E-state index contributed by atoms with van der Waals surface area (Å²) in [6.45, 7) is 4.25. The third-order valence-electron chi connectivity index (χ3n) is 6.01. The van der Waals surface area contributed by atoms with Gasteiger partial charge in [-0.2, -0.15) is 0 Å². The highest BCUT2D eigenvalue weighted by molar-refractivity contribution is 7.90. The summed E-state index contributed by atoms with van der Waals surface area (Å²) in [5, 5.41) is 2.27. The van der Waals surface area contributed by atoms with E-state index in [0.29, 0.717) is 28.3 Å². The molecule has 1 heterocycles. The van der Waals surface area contributed by atoms with E-state index in [-0.39, 0.29) is 10.5 Å². The van der Waals surface area contributed by atoms with Crippen molar-refractivity contribution in [3.63, 3.8) is 0 Å². The van der Waals surface area contributed by atoms with E-state index < -0.39 is 15.9 Å². The van der Waals surface area contributed by atoms with Gasteiger partial charge in [0.15, 0.2) is 0 Å². The van der Waals surface area contributed by atoms with Crippen LogP contribution in [0.3, 0.4) is 0 Å². The van der Waals surface area contributed by atoms with E-state index in [4.69, 9.17) is 4.74 Å². The van der Waals surface area contributed by atoms with Gasteiger partial charge in [0.1, 0.15) is 11.5 Å². The maximum absolute atomic E-state index is 13.1. The molecule has 0 aliphatic carbocycles. The molecule has 0 fully saturated rings. The fourth-order valence-electron chi connectivity index (χ4n) is 4.04. The average molecular weight is 497 g/mol. The molecule has 0 atom stereocenters. The fraction of sp³-hybridized carbons (Fsp3) is 0.103. The van der Waals surface area contributed by atoms with E-state index in [0.717, 1.165) is 10.8 Å². The normalized spacial score (nSPS) is 11.6. The highest BCUT2D eigenvalue weighted by Gasteiger charge is 2.22. The van der Waals surface area contributed by atoms with Gasteiger partial charge in [-0.25, -0.2) is 13.1 Å². The quantitative estimate of drug-likeness (QED) is 0.293. The second-order valence-electron chi connectivity index (χ2n) is 8.78. The van der Waals surface area contributed by atoms with Crippen LogP contribution in [0.4, 0.5) is 0 Å². The predicted molar refractivity (Wildman–Crippen MR) is 141 cm³/mol. The molecule has 5 aromatic rings. The van der Waals surface area contributed by atoms with Crippen LogP contribution < -0.4 is 9.46 Å². The Morgan fingerprint density at radius 1 is 0.861 bits per heavy atom. The first-order valence-corrected chi connectivity index (χ1v) is 13.0. The van der Waals surface area contributed by atoms with Crippen LogP contribution in [0.15, 0.2) is 102 Å². The highest BCUT2D eigenvalue weighted by atomic mass is 32.2. The van der Waals surface area contributed by atoms with E-state index >= 15 is 0 Å². The van der Waals surface area contributed by atoms with Gasteiger partial charge >= 0.3 is 0 Å². The van der Waals surface area contributed by atoms with Crippen molar-refractivity contribution in [2.24, 2.45) is 0 Å². The molecule has 1 aromatic heterocycles. The maximum atomic E-state index is 13.1. The van der Waals surface area contributed by atoms with Gasteiger partial charge in [-0.15, -0.1) is 0 Å². The number of hydrogen-bond acceptors (Lipinski definition) is 5. The summed E-state index contributed by atoms with van der Waals surface area (Å²) >= 11 is 0. The number of nitrogens with one attached hydrogen (secondary N) is 1. The van der Waals surface area contributed by atoms with Crippen LogP contribution in [0.2, 0.25) is 0 Å². The first kappa shape index (κ1) is 23.5. The lowest BCUT2D eigenvalue weighted by Crippen LogP contribution is -2.30. The molecule has 1 N–H and O–H groups in total. The second-order valence-corrected chi connectivity index (χ2v) is 10.5. The van der Waals surface area contributed by atoms with Gasteiger partial charge in [-0.1, -0.05) is 56.3 Å². The molecule has 4 aromatic carbocycles. The number of sulfonamides is 1. The van der Waals surface area contributed by atoms with Crippen LogP contribution in [0.5, 0.6) is 11.5 Å². The van der Waals surface area contributed by atoms with E-state index in [2.05, 4.69) is 23.6 Å². The number of carbonyl (C=O) groups excluding carboxylic acids is 1. The Kier molecular flexibility index (Phi) is 6.16. The van der Waals surface area contributed by atoms with Crippen molar-refractivity contribution in [1.82, 2.24) is 9.71 Å². The van der Waals surface area contributed by atoms with Crippen LogP contribution >= 0.6 is 0 Å². The Morgan fingerprint density at radius 3 is 2.36 bits per heavy atom. The molecule has 7 heteroatoms. The van der Waals surface area contributed by atoms with E-state index in [9.17, 15) is 13.2 Å². The van der Waals surface area contributed by atoms with Crippen molar-refractivity contribution in [3.8, 4) is 11.5 Å². The molecule has 0 bridgehead atoms. The number of ether oxygens (including phenoxy) is 1. The standard InChI is InChI=1S/C29H24N2O4S/c1-19(2)20-9-12-23(13-10-20)35-27-16-15-26(28-25(27)8-5-17-30-28)29(32)31-36(33,34)24-14-11-21-6-3-4-7-22(21)18-24/h3-19H,1-2H3,(H,31,32). The monoisotopic (exact) mass is 496 g/mol. The number of benzene rings is 4. The van der Waals surface area contributed by atoms with Gasteiger partial charge < -0.3 is 4.74 Å². The summed E-state index contributed by atoms with van der Waals surface area (Å²) in [7, 11) is -4.10. The van der Waals surface area contributed by atoms with Crippen molar-refractivity contribution in [3.05, 3.63) is 108 Å². The van der Waals surface area contributed by atoms with Gasteiger partial charge in [0.2, 0.25) is 0 Å². The molecular formula is C29H24N2O4S. The molecule has 36 heavy (non-hydrogen) atoms. The van der Waals surface area contributed by atoms with Crippen LogP contribution in [-0.4, -0.2) is 19.3 Å². The first-order chi connectivity index (χ1) is 17.3. The van der Waals surface area contributed by atoms with Gasteiger partial charge in [0.25, 0.3) is 15.9 Å². The molecule has 0 unspecified atom stereocenters. The van der Waals surface area contributed by atoms with Crippen molar-refractivity contribution in [2.75, 3.05) is 0 Å². The molecule has 0 saturated heterocycles. The summed E-state index contributed by atoms with van der Waals surface area (Å²) in [4.78, 5) is 17.5. The molecule has 180 valence electrons. The SMILES string of the molecule is CC(C)c1ccc(Oc2ccc(C(=O)NS(=O)(=O)c3ccc4ccccc4c3)c3ncccc23)cc1. The van der Waals surface area contributed by atoms with Crippen molar-refractivity contribution < 1.29 is 17.9 Å². The molecule has 1 amide bonds. The lowest BCUT2D eigenvalue weighted by atomic mass is 10.0. The van der Waals surface area contributed by atoms with Crippen molar-refractivity contribution >= 4 is 37.6 Å². The molecule has 5 rings (SSSR count). The number of fused-ring (bicyclic) bond motifs is 2. The maximum Gasteiger partial charge on any atom is 0.267 e. The first-order valence-electron chi connectivity index (χ1n) is 11.5. The zero-order chi connectivity index (χ0) is 25.3. The minimum absolute atomic E-state index is 0.0108. The zero-order valence-corrected chi connectivity index (χ0v) is 20.6. The Hall–Kier alpha value is -4.23. The van der Waals surface area contributed by atoms with Gasteiger partial charge in [0, 0.05) is 11.6 Å². The number of carbonyl (C=O) groups is 1. The zero-order valence-electron chi connectivity index (χ0n) is 19.8. The summed E-state index contributed by atoms with van der Waals surface area (Å²) in [6, 6.07) is 26.7. The van der Waals surface area contributed by atoms with Crippen molar-refractivity contribution in [1.29, 1.82) is 0 Å². The molecule has 0 aliphatic rings. The van der Waals surface area contributed by atoms with Crippen LogP contribution in [0.1, 0.15) is 35.7 Å². The van der Waals surface area contributed by atoms with Crippen molar-refractivity contribution in [2.45, 2.75) is 24.7 Å². The average Bonchev–Trinajstić information content (AvgIpc) is 2.88. The van der Waals surface area contributed by atoms with E-state index in [1.807, 2.05) is 48.5 Å². The van der Waals surface area contributed by atoms with Gasteiger partial charge in [-0.05, 0) is 70.8 Å². The number of pyridine rings is 1. The van der Waals surface area contributed by atoms with Gasteiger partial charge in [-0.3, -0.25) is 9.78 Å². The number of rotatable bonds is 6. The minimum atomic E-state index is -4.10. The summed E-state index contributed by atoms with van der Waals surface area (Å²) in [5.41, 5.74) is 1.69. The smallest absolute Gasteiger partial charge is 0.267 e. The second kappa shape index (κ2) is 9.43. The van der Waals surface area contributed by atoms with Crippen LogP contribution in [0.25, 0.3) is 21.7 Å². The van der Waals surface area contributed by atoms with Crippen LogP contribution in [-0.2, 0) is 10.0 Å². The predicted octanol–water partition coefficient (Wildman–Crippen LogP) is 6.42. The molecule has 0 aliphatic heterocycles. The Morgan fingerprint density at radius 2 is 1.61 bits per heavy atom. The lowest BCUT2D eigenvalue weighted by molar-refractivity contribution is 0.0983. The largest absolute Gasteiger partial charge is 0.457 e. The molecule has 0 saturated carbocycles. The molecular weight excluding hydrogens is 472 g/mol. The molecule has 0 radical (unpaired) electrons.